The Morgan fingerprint density at radius 2 is 1.94 bits per heavy atom. The molecule has 0 aromatic heterocycles. The third kappa shape index (κ3) is 4.16. The second kappa shape index (κ2) is 9.63. The summed E-state index contributed by atoms with van der Waals surface area (Å²) in [4.78, 5) is 16.5. The summed E-state index contributed by atoms with van der Waals surface area (Å²) in [5.41, 5.74) is 4.74. The molecule has 0 saturated heterocycles. The number of aliphatic imine (C=N–C) groups is 1. The fourth-order valence-electron chi connectivity index (χ4n) is 4.89. The number of benzene rings is 3. The Balaban J connectivity index is 0.00000259. The predicted molar refractivity (Wildman–Crippen MR) is 119 cm³/mol. The first kappa shape index (κ1) is 23.4. The van der Waals surface area contributed by atoms with Gasteiger partial charge in [-0.05, 0) is 42.5 Å². The summed E-state index contributed by atoms with van der Waals surface area (Å²) >= 11 is 0. The van der Waals surface area contributed by atoms with E-state index in [1.165, 1.54) is 0 Å². The van der Waals surface area contributed by atoms with E-state index < -0.39 is 17.8 Å². The first-order valence-corrected chi connectivity index (χ1v) is 10.4. The quantitative estimate of drug-likeness (QED) is 0.309. The Morgan fingerprint density at radius 1 is 1.12 bits per heavy atom. The van der Waals surface area contributed by atoms with E-state index in [9.17, 15) is 9.90 Å². The van der Waals surface area contributed by atoms with Gasteiger partial charge in [0.1, 0.15) is 0 Å². The van der Waals surface area contributed by atoms with Gasteiger partial charge in [-0.3, -0.25) is 9.79 Å². The maximum atomic E-state index is 12.7. The molecule has 0 amide bonds. The fraction of sp³-hybridized carbons (Fsp3) is 0.231. The van der Waals surface area contributed by atoms with Crippen molar-refractivity contribution in [3.05, 3.63) is 88.5 Å². The molecule has 0 spiro atoms. The van der Waals surface area contributed by atoms with Crippen LogP contribution in [0.1, 0.15) is 39.7 Å². The van der Waals surface area contributed by atoms with E-state index in [0.29, 0.717) is 17.2 Å². The minimum absolute atomic E-state index is 0. The molecule has 0 bridgehead atoms. The molecule has 7 heteroatoms. The summed E-state index contributed by atoms with van der Waals surface area (Å²) in [6, 6.07) is 20.2. The third-order valence-corrected chi connectivity index (χ3v) is 6.18. The van der Waals surface area contributed by atoms with Crippen molar-refractivity contribution >= 4 is 12.7 Å². The van der Waals surface area contributed by atoms with Gasteiger partial charge < -0.3 is 19.3 Å². The van der Waals surface area contributed by atoms with Gasteiger partial charge in [-0.2, -0.15) is 18.2 Å². The third-order valence-electron chi connectivity index (χ3n) is 6.18. The van der Waals surface area contributed by atoms with E-state index in [-0.39, 0.29) is 50.6 Å². The van der Waals surface area contributed by atoms with Crippen molar-refractivity contribution < 1.29 is 55.2 Å². The topological polar surface area (TPSA) is 77.3 Å². The molecule has 5 rings (SSSR count). The molecule has 3 aromatic carbocycles. The number of carbonyl (C=O) groups is 1. The molecule has 0 unspecified atom stereocenters. The van der Waals surface area contributed by atoms with Gasteiger partial charge in [0.15, 0.2) is 18.2 Å². The van der Waals surface area contributed by atoms with Crippen molar-refractivity contribution in [1.29, 1.82) is 0 Å². The van der Waals surface area contributed by atoms with Gasteiger partial charge >= 0.3 is 5.97 Å². The number of carboxylic acid groups (broad SMARTS) is 1. The van der Waals surface area contributed by atoms with E-state index in [1.807, 2.05) is 43.3 Å². The molecule has 3 atom stereocenters. The van der Waals surface area contributed by atoms with Gasteiger partial charge in [0.25, 0.3) is 0 Å². The van der Waals surface area contributed by atoms with Crippen molar-refractivity contribution in [1.82, 2.24) is 0 Å². The minimum atomic E-state index is -0.868. The van der Waals surface area contributed by atoms with Crippen molar-refractivity contribution in [3.8, 4) is 17.2 Å². The molecule has 2 aliphatic rings. The first-order valence-electron chi connectivity index (χ1n) is 10.4. The van der Waals surface area contributed by atoms with Crippen LogP contribution in [-0.4, -0.2) is 31.3 Å². The number of nitrogens with zero attached hydrogens (tertiary/aromatic N) is 1. The fourth-order valence-corrected chi connectivity index (χ4v) is 4.89. The number of ether oxygens (including phenoxy) is 3. The molecule has 166 valence electrons. The second-order valence-corrected chi connectivity index (χ2v) is 8.03. The van der Waals surface area contributed by atoms with E-state index in [1.54, 1.807) is 12.1 Å². The Kier molecular flexibility index (Phi) is 6.83. The van der Waals surface area contributed by atoms with Gasteiger partial charge in [-0.25, -0.2) is 0 Å². The van der Waals surface area contributed by atoms with E-state index in [0.717, 1.165) is 27.8 Å². The van der Waals surface area contributed by atoms with Crippen LogP contribution in [0.2, 0.25) is 0 Å². The number of carboxylic acids is 1. The predicted octanol–water partition coefficient (Wildman–Crippen LogP) is 4.54. The standard InChI is InChI=1S/C26H22NO5.U/c1-15-7-9-17-19(11-15)24(18-5-3-4-6-20(18)30-13-27-2)25(26(28)29)23(17)16-8-10-21-22(12-16)32-14-31-21;/h3,5-12,23-25H,2,13-14H2,1H3,(H,28,29);/q-1;/t23-,24+,25+;/m0./s1. The van der Waals surface area contributed by atoms with Crippen LogP contribution in [0.4, 0.5) is 0 Å². The summed E-state index contributed by atoms with van der Waals surface area (Å²) in [5.74, 6) is -0.468. The Hall–Kier alpha value is -2.75. The van der Waals surface area contributed by atoms with Crippen LogP contribution >= 0.6 is 0 Å². The molecular formula is C26H22NO5U-. The molecule has 1 heterocycles. The monoisotopic (exact) mass is 666 g/mol. The maximum absolute atomic E-state index is 12.7. The SMILES string of the molecule is C=NCOc1c[c-]ccc1[C@@H]1c2cc(C)ccc2[C@H](c2ccc3c(c2)OCO3)[C@H]1C(=O)O.[U]. The van der Waals surface area contributed by atoms with Crippen LogP contribution in [0, 0.1) is 50.0 Å². The van der Waals surface area contributed by atoms with Gasteiger partial charge in [0.2, 0.25) is 6.79 Å². The molecule has 1 N–H and O–H groups in total. The minimum Gasteiger partial charge on any atom is -0.532 e. The summed E-state index contributed by atoms with van der Waals surface area (Å²) in [7, 11) is 0. The van der Waals surface area contributed by atoms with Crippen molar-refractivity contribution in [3.63, 3.8) is 0 Å². The molecule has 33 heavy (non-hydrogen) atoms. The molecule has 3 aromatic rings. The molecular weight excluding hydrogens is 644 g/mol. The van der Waals surface area contributed by atoms with Crippen LogP contribution < -0.4 is 14.2 Å². The first-order chi connectivity index (χ1) is 15.6. The molecule has 0 fully saturated rings. The summed E-state index contributed by atoms with van der Waals surface area (Å²) < 4.78 is 16.8. The zero-order chi connectivity index (χ0) is 22.2. The zero-order valence-electron chi connectivity index (χ0n) is 18.1. The van der Waals surface area contributed by atoms with Crippen molar-refractivity contribution in [2.75, 3.05) is 13.5 Å². The van der Waals surface area contributed by atoms with Crippen LogP contribution in [0.25, 0.3) is 0 Å². The van der Waals surface area contributed by atoms with E-state index >= 15 is 0 Å². The smallest absolute Gasteiger partial charge is 0.308 e. The van der Waals surface area contributed by atoms with Gasteiger partial charge in [-0.15, -0.1) is 11.6 Å². The number of hydrogen-bond acceptors (Lipinski definition) is 5. The van der Waals surface area contributed by atoms with Crippen LogP contribution in [-0.2, 0) is 4.79 Å². The molecule has 0 saturated carbocycles. The average molecular weight is 666 g/mol. The number of aliphatic carboxylic acids is 1. The molecule has 1 aliphatic carbocycles. The number of aryl methyl sites for hydroxylation is 1. The number of rotatable bonds is 6. The molecule has 6 nitrogen and oxygen atoms in total. The number of hydrogen-bond donors (Lipinski definition) is 1. The Labute approximate surface area is 216 Å². The average Bonchev–Trinajstić information content (AvgIpc) is 3.39. The van der Waals surface area contributed by atoms with Crippen molar-refractivity contribution in [2.45, 2.75) is 18.8 Å². The maximum Gasteiger partial charge on any atom is 0.308 e. The normalized spacial score (nSPS) is 20.0. The second-order valence-electron chi connectivity index (χ2n) is 8.03. The largest absolute Gasteiger partial charge is 0.532 e. The van der Waals surface area contributed by atoms with Gasteiger partial charge in [0.05, 0.1) is 5.92 Å². The number of fused-ring (bicyclic) bond motifs is 2. The summed E-state index contributed by atoms with van der Waals surface area (Å²) in [5, 5.41) is 10.4. The molecule has 0 radical (unpaired) electrons. The van der Waals surface area contributed by atoms with E-state index in [2.05, 4.69) is 23.8 Å². The zero-order valence-corrected chi connectivity index (χ0v) is 22.2. The van der Waals surface area contributed by atoms with Crippen molar-refractivity contribution in [2.24, 2.45) is 10.9 Å². The molecule has 1 aliphatic heterocycles. The Bertz CT molecular complexity index is 1210. The van der Waals surface area contributed by atoms with Crippen LogP contribution in [0.5, 0.6) is 17.2 Å². The van der Waals surface area contributed by atoms with E-state index in [4.69, 9.17) is 14.2 Å². The van der Waals surface area contributed by atoms with Gasteiger partial charge in [-0.1, -0.05) is 29.8 Å². The van der Waals surface area contributed by atoms with Crippen LogP contribution in [0.3, 0.4) is 0 Å². The van der Waals surface area contributed by atoms with Gasteiger partial charge in [0, 0.05) is 48.7 Å². The summed E-state index contributed by atoms with van der Waals surface area (Å²) in [6.45, 7) is 5.74. The Morgan fingerprint density at radius 3 is 2.73 bits per heavy atom. The van der Waals surface area contributed by atoms with Crippen LogP contribution in [0.15, 0.2) is 59.6 Å². The summed E-state index contributed by atoms with van der Waals surface area (Å²) in [6.07, 6.45) is 0.